The van der Waals surface area contributed by atoms with Crippen molar-refractivity contribution < 1.29 is 18.0 Å². The molecule has 1 aliphatic carbocycles. The largest absolute Gasteiger partial charge is 0.326 e. The van der Waals surface area contributed by atoms with Crippen molar-refractivity contribution in [3.63, 3.8) is 0 Å². The Morgan fingerprint density at radius 3 is 2.54 bits per heavy atom. The van der Waals surface area contributed by atoms with Gasteiger partial charge in [-0.25, -0.2) is 8.42 Å². The average molecular weight is 379 g/mol. The van der Waals surface area contributed by atoms with Crippen molar-refractivity contribution in [2.45, 2.75) is 49.9 Å². The van der Waals surface area contributed by atoms with Crippen LogP contribution < -0.4 is 10.5 Å². The fourth-order valence-corrected chi connectivity index (χ4v) is 5.36. The Kier molecular flexibility index (Phi) is 5.62. The molecular formula is C18H25N3O4S. The molecule has 1 heterocycles. The average Bonchev–Trinajstić information content (AvgIpc) is 3.01. The van der Waals surface area contributed by atoms with Gasteiger partial charge in [-0.15, -0.1) is 0 Å². The highest BCUT2D eigenvalue weighted by Crippen LogP contribution is 2.39. The van der Waals surface area contributed by atoms with Gasteiger partial charge in [0, 0.05) is 6.04 Å². The molecule has 2 amide bonds. The van der Waals surface area contributed by atoms with Crippen LogP contribution >= 0.6 is 0 Å². The molecule has 7 nitrogen and oxygen atoms in total. The smallest absolute Gasteiger partial charge is 0.256 e. The van der Waals surface area contributed by atoms with E-state index < -0.39 is 22.0 Å². The molecule has 1 saturated carbocycles. The van der Waals surface area contributed by atoms with Crippen molar-refractivity contribution in [1.82, 2.24) is 9.62 Å². The molecule has 1 aromatic rings. The Balaban J connectivity index is 1.74. The number of hydrogen-bond acceptors (Lipinski definition) is 5. The summed E-state index contributed by atoms with van der Waals surface area (Å²) < 4.78 is 26.9. The minimum absolute atomic E-state index is 0.00706. The van der Waals surface area contributed by atoms with Gasteiger partial charge in [-0.2, -0.15) is 0 Å². The summed E-state index contributed by atoms with van der Waals surface area (Å²) in [5, 5.41) is 0. The fraction of sp³-hybridized carbons (Fsp3) is 0.556. The highest BCUT2D eigenvalue weighted by molar-refractivity contribution is 7.89. The lowest BCUT2D eigenvalue weighted by molar-refractivity contribution is -0.139. The van der Waals surface area contributed by atoms with Crippen molar-refractivity contribution in [3.05, 3.63) is 35.9 Å². The maximum Gasteiger partial charge on any atom is 0.256 e. The molecule has 0 aromatic heterocycles. The summed E-state index contributed by atoms with van der Waals surface area (Å²) in [5.74, 6) is -0.951. The van der Waals surface area contributed by atoms with Crippen LogP contribution in [0.3, 0.4) is 0 Å². The lowest BCUT2D eigenvalue weighted by atomic mass is 9.84. The van der Waals surface area contributed by atoms with Crippen molar-refractivity contribution in [1.29, 1.82) is 0 Å². The van der Waals surface area contributed by atoms with Gasteiger partial charge in [0.15, 0.2) is 0 Å². The van der Waals surface area contributed by atoms with E-state index in [1.807, 2.05) is 0 Å². The molecule has 3 N–H and O–H groups in total. The van der Waals surface area contributed by atoms with Gasteiger partial charge in [-0.05, 0) is 30.7 Å². The lowest BCUT2D eigenvalue weighted by Gasteiger charge is -2.33. The normalized spacial score (nSPS) is 25.6. The third kappa shape index (κ3) is 4.07. The number of carbonyl (C=O) groups is 2. The summed E-state index contributed by atoms with van der Waals surface area (Å²) >= 11 is 0. The predicted octanol–water partition coefficient (Wildman–Crippen LogP) is 0.751. The predicted molar refractivity (Wildman–Crippen MR) is 97.3 cm³/mol. The van der Waals surface area contributed by atoms with E-state index in [-0.39, 0.29) is 30.2 Å². The second-order valence-electron chi connectivity index (χ2n) is 7.08. The Morgan fingerprint density at radius 2 is 1.85 bits per heavy atom. The van der Waals surface area contributed by atoms with Gasteiger partial charge in [-0.1, -0.05) is 43.2 Å². The number of hydrogen-bond donors (Lipinski definition) is 2. The number of carbonyl (C=O) groups excluding carboxylic acids is 2. The molecule has 3 rings (SSSR count). The molecule has 2 unspecified atom stereocenters. The second kappa shape index (κ2) is 7.75. The van der Waals surface area contributed by atoms with Gasteiger partial charge in [-0.3, -0.25) is 14.3 Å². The first kappa shape index (κ1) is 18.8. The molecule has 1 saturated heterocycles. The number of nitrogens with two attached hydrogens (primary N) is 1. The van der Waals surface area contributed by atoms with Crippen LogP contribution in [0.25, 0.3) is 0 Å². The van der Waals surface area contributed by atoms with Gasteiger partial charge in [0.25, 0.3) is 5.91 Å². The SMILES string of the molecule is NCC(=O)N1C2CCCCC2C[C@H]1C(=O)NS(=O)(=O)Cc1ccccc1. The molecule has 0 spiro atoms. The van der Waals surface area contributed by atoms with Crippen LogP contribution in [0.1, 0.15) is 37.7 Å². The van der Waals surface area contributed by atoms with Crippen molar-refractivity contribution in [2.75, 3.05) is 6.54 Å². The zero-order valence-electron chi connectivity index (χ0n) is 14.6. The van der Waals surface area contributed by atoms with Gasteiger partial charge in [0.2, 0.25) is 15.9 Å². The van der Waals surface area contributed by atoms with Crippen molar-refractivity contribution in [3.8, 4) is 0 Å². The summed E-state index contributed by atoms with van der Waals surface area (Å²) in [6.07, 6.45) is 4.39. The first-order valence-electron chi connectivity index (χ1n) is 9.01. The second-order valence-corrected chi connectivity index (χ2v) is 8.80. The van der Waals surface area contributed by atoms with Gasteiger partial charge >= 0.3 is 0 Å². The van der Waals surface area contributed by atoms with E-state index in [9.17, 15) is 18.0 Å². The quantitative estimate of drug-likeness (QED) is 0.785. The monoisotopic (exact) mass is 379 g/mol. The van der Waals surface area contributed by atoms with E-state index >= 15 is 0 Å². The Morgan fingerprint density at radius 1 is 1.15 bits per heavy atom. The number of nitrogens with zero attached hydrogens (tertiary/aromatic N) is 1. The zero-order chi connectivity index (χ0) is 18.7. The molecule has 8 heteroatoms. The van der Waals surface area contributed by atoms with Gasteiger partial charge in [0.1, 0.15) is 6.04 Å². The van der Waals surface area contributed by atoms with E-state index in [0.29, 0.717) is 12.0 Å². The van der Waals surface area contributed by atoms with Crippen LogP contribution in [0.2, 0.25) is 0 Å². The van der Waals surface area contributed by atoms with Crippen LogP contribution in [0.4, 0.5) is 0 Å². The van der Waals surface area contributed by atoms with Gasteiger partial charge in [0.05, 0.1) is 12.3 Å². The number of fused-ring (bicyclic) bond motifs is 1. The molecule has 0 radical (unpaired) electrons. The van der Waals surface area contributed by atoms with Crippen LogP contribution in [-0.4, -0.2) is 43.8 Å². The van der Waals surface area contributed by atoms with E-state index in [1.54, 1.807) is 30.3 Å². The summed E-state index contributed by atoms with van der Waals surface area (Å²) in [7, 11) is -3.83. The maximum absolute atomic E-state index is 12.7. The van der Waals surface area contributed by atoms with Crippen LogP contribution in [-0.2, 0) is 25.4 Å². The third-order valence-corrected chi connectivity index (χ3v) is 6.53. The number of likely N-dealkylation sites (tertiary alicyclic amines) is 1. The molecule has 26 heavy (non-hydrogen) atoms. The number of sulfonamides is 1. The van der Waals surface area contributed by atoms with Crippen LogP contribution in [0.15, 0.2) is 30.3 Å². The highest BCUT2D eigenvalue weighted by Gasteiger charge is 2.47. The third-order valence-electron chi connectivity index (χ3n) is 5.31. The first-order valence-corrected chi connectivity index (χ1v) is 10.7. The van der Waals surface area contributed by atoms with E-state index in [1.165, 1.54) is 4.90 Å². The molecule has 1 aliphatic heterocycles. The van der Waals surface area contributed by atoms with Crippen molar-refractivity contribution >= 4 is 21.8 Å². The zero-order valence-corrected chi connectivity index (χ0v) is 15.5. The standard InChI is InChI=1S/C18H25N3O4S/c19-11-17(22)21-15-9-5-4-8-14(15)10-16(21)18(23)20-26(24,25)12-13-6-2-1-3-7-13/h1-3,6-7,14-16H,4-5,8-12,19H2,(H,20,23)/t14?,15?,16-/m0/s1. The highest BCUT2D eigenvalue weighted by atomic mass is 32.2. The Labute approximate surface area is 154 Å². The fourth-order valence-electron chi connectivity index (χ4n) is 4.21. The molecule has 142 valence electrons. The first-order chi connectivity index (χ1) is 12.4. The van der Waals surface area contributed by atoms with Crippen molar-refractivity contribution in [2.24, 2.45) is 11.7 Å². The number of benzene rings is 1. The van der Waals surface area contributed by atoms with Gasteiger partial charge < -0.3 is 10.6 Å². The molecule has 1 aromatic carbocycles. The Bertz CT molecular complexity index is 766. The Hall–Kier alpha value is -1.93. The lowest BCUT2D eigenvalue weighted by Crippen LogP contribution is -2.52. The van der Waals surface area contributed by atoms with Crippen LogP contribution in [0.5, 0.6) is 0 Å². The number of rotatable bonds is 5. The minimum Gasteiger partial charge on any atom is -0.326 e. The summed E-state index contributed by atoms with van der Waals surface area (Å²) in [4.78, 5) is 26.6. The summed E-state index contributed by atoms with van der Waals surface area (Å²) in [5.41, 5.74) is 6.12. The maximum atomic E-state index is 12.7. The molecule has 3 atom stereocenters. The molecule has 2 aliphatic rings. The number of nitrogens with one attached hydrogen (secondary N) is 1. The number of amides is 2. The molecular weight excluding hydrogens is 354 g/mol. The van der Waals surface area contributed by atoms with E-state index in [4.69, 9.17) is 5.73 Å². The van der Waals surface area contributed by atoms with E-state index in [2.05, 4.69) is 4.72 Å². The summed E-state index contributed by atoms with van der Waals surface area (Å²) in [6.45, 7) is -0.177. The topological polar surface area (TPSA) is 110 Å². The minimum atomic E-state index is -3.83. The van der Waals surface area contributed by atoms with Crippen LogP contribution in [0, 0.1) is 5.92 Å². The van der Waals surface area contributed by atoms with E-state index in [0.717, 1.165) is 25.7 Å². The molecule has 2 fully saturated rings. The molecule has 0 bridgehead atoms. The summed E-state index contributed by atoms with van der Waals surface area (Å²) in [6, 6.07) is 7.91.